The number of fused-ring (bicyclic) bond motifs is 2. The number of nitrogens with two attached hydrogens (primary N) is 1. The number of aromatic nitrogens is 6. The number of hydrogen-bond donors (Lipinski definition) is 3. The number of nitrogens with one attached hydrogen (secondary N) is 1. The normalized spacial score (nSPS) is 16.2. The van der Waals surface area contributed by atoms with Crippen molar-refractivity contribution in [1.82, 2.24) is 29.1 Å². The summed E-state index contributed by atoms with van der Waals surface area (Å²) in [5, 5.41) is 16.3. The third-order valence-corrected chi connectivity index (χ3v) is 6.24. The Kier molecular flexibility index (Phi) is 6.88. The van der Waals surface area contributed by atoms with Crippen LogP contribution in [0.5, 0.6) is 0 Å². The third kappa shape index (κ3) is 5.19. The predicted molar refractivity (Wildman–Crippen MR) is 132 cm³/mol. The molecule has 1 aliphatic rings. The minimum absolute atomic E-state index is 0.0162. The Labute approximate surface area is 202 Å². The van der Waals surface area contributed by atoms with E-state index in [-0.39, 0.29) is 23.7 Å². The standard InChI is InChI=1S/C17H18F2N8.C7H14O/c1-8(18)6-26-9(2)22-12-5-4-11(23-16(12)26)13-10(19)7-27-14(13)15(21-3)24-17(20)25-27;1-7(8)5-3-2-4-6-7/h4-5,7-8H,6H2,1-3H3,(H3,20,21,24,25);8H,2-6H2,1H3. The molecular formula is C24H32F2N8O. The zero-order valence-electron chi connectivity index (χ0n) is 20.5. The van der Waals surface area contributed by atoms with E-state index in [4.69, 9.17) is 5.73 Å². The Morgan fingerprint density at radius 2 is 1.91 bits per heavy atom. The van der Waals surface area contributed by atoms with E-state index < -0.39 is 12.0 Å². The van der Waals surface area contributed by atoms with E-state index in [0.29, 0.717) is 34.0 Å². The molecule has 0 bridgehead atoms. The lowest BCUT2D eigenvalue weighted by Crippen LogP contribution is -2.26. The molecule has 1 fully saturated rings. The second-order valence-corrected chi connectivity index (χ2v) is 9.36. The monoisotopic (exact) mass is 486 g/mol. The van der Waals surface area contributed by atoms with Gasteiger partial charge in [0.25, 0.3) is 0 Å². The Bertz CT molecular complexity index is 1340. The maximum Gasteiger partial charge on any atom is 0.240 e. The quantitative estimate of drug-likeness (QED) is 0.394. The van der Waals surface area contributed by atoms with Crippen molar-refractivity contribution >= 4 is 28.4 Å². The van der Waals surface area contributed by atoms with Crippen molar-refractivity contribution in [3.63, 3.8) is 0 Å². The first kappa shape index (κ1) is 24.8. The molecule has 0 radical (unpaired) electrons. The van der Waals surface area contributed by atoms with Crippen LogP contribution >= 0.6 is 0 Å². The summed E-state index contributed by atoms with van der Waals surface area (Å²) in [5.74, 6) is 0.529. The number of pyridine rings is 1. The average molecular weight is 487 g/mol. The molecule has 1 saturated carbocycles. The van der Waals surface area contributed by atoms with Crippen LogP contribution in [0.15, 0.2) is 18.3 Å². The minimum Gasteiger partial charge on any atom is -0.390 e. The van der Waals surface area contributed by atoms with E-state index >= 15 is 0 Å². The van der Waals surface area contributed by atoms with Gasteiger partial charge in [-0.05, 0) is 45.7 Å². The van der Waals surface area contributed by atoms with Crippen LogP contribution in [0, 0.1) is 12.7 Å². The summed E-state index contributed by atoms with van der Waals surface area (Å²) >= 11 is 0. The molecule has 4 aromatic heterocycles. The van der Waals surface area contributed by atoms with Gasteiger partial charge in [-0.15, -0.1) is 5.10 Å². The highest BCUT2D eigenvalue weighted by molar-refractivity contribution is 5.89. The Morgan fingerprint density at radius 3 is 2.51 bits per heavy atom. The molecule has 0 aliphatic heterocycles. The van der Waals surface area contributed by atoms with Crippen LogP contribution < -0.4 is 11.1 Å². The summed E-state index contributed by atoms with van der Waals surface area (Å²) in [5.41, 5.74) is 7.49. The summed E-state index contributed by atoms with van der Waals surface area (Å²) in [6.07, 6.45) is 5.92. The molecule has 4 aromatic rings. The fourth-order valence-electron chi connectivity index (χ4n) is 4.53. The third-order valence-electron chi connectivity index (χ3n) is 6.24. The Balaban J connectivity index is 0.000000308. The van der Waals surface area contributed by atoms with Gasteiger partial charge in [-0.2, -0.15) is 4.98 Å². The number of alkyl halides is 1. The van der Waals surface area contributed by atoms with Gasteiger partial charge in [0.2, 0.25) is 5.95 Å². The molecular weight excluding hydrogens is 454 g/mol. The lowest BCUT2D eigenvalue weighted by atomic mass is 9.87. The van der Waals surface area contributed by atoms with Crippen LogP contribution in [-0.2, 0) is 6.54 Å². The van der Waals surface area contributed by atoms with Crippen molar-refractivity contribution in [1.29, 1.82) is 0 Å². The summed E-state index contributed by atoms with van der Waals surface area (Å²) < 4.78 is 31.4. The fourth-order valence-corrected chi connectivity index (χ4v) is 4.53. The second-order valence-electron chi connectivity index (χ2n) is 9.36. The first-order valence-electron chi connectivity index (χ1n) is 11.8. The SMILES string of the molecule is CC1(O)CCCCC1.CNc1nc(N)nn2cc(F)c(-c3ccc4nc(C)n(CC(C)F)c4n3)c12. The number of aliphatic hydroxyl groups is 1. The molecule has 0 spiro atoms. The van der Waals surface area contributed by atoms with E-state index in [1.165, 1.54) is 36.9 Å². The number of nitrogen functional groups attached to an aromatic ring is 1. The molecule has 1 atom stereocenters. The highest BCUT2D eigenvalue weighted by Gasteiger charge is 2.23. The molecule has 1 aliphatic carbocycles. The van der Waals surface area contributed by atoms with Gasteiger partial charge >= 0.3 is 0 Å². The molecule has 0 amide bonds. The van der Waals surface area contributed by atoms with Crippen molar-refractivity contribution in [2.75, 3.05) is 18.1 Å². The maximum absolute atomic E-state index is 14.8. The fraction of sp³-hybridized carbons (Fsp3) is 0.500. The van der Waals surface area contributed by atoms with Crippen molar-refractivity contribution in [2.45, 2.75) is 71.2 Å². The van der Waals surface area contributed by atoms with Crippen LogP contribution in [-0.4, -0.2) is 53.1 Å². The van der Waals surface area contributed by atoms with Gasteiger partial charge in [-0.3, -0.25) is 0 Å². The van der Waals surface area contributed by atoms with Crippen molar-refractivity contribution in [3.8, 4) is 11.3 Å². The van der Waals surface area contributed by atoms with E-state index in [2.05, 4.69) is 25.4 Å². The number of anilines is 2. The number of imidazole rings is 1. The number of aryl methyl sites for hydroxylation is 1. The maximum atomic E-state index is 14.8. The molecule has 188 valence electrons. The van der Waals surface area contributed by atoms with Gasteiger partial charge in [0, 0.05) is 7.05 Å². The number of rotatable bonds is 4. The van der Waals surface area contributed by atoms with Gasteiger partial charge in [0.1, 0.15) is 23.0 Å². The molecule has 4 heterocycles. The zero-order chi connectivity index (χ0) is 25.3. The largest absolute Gasteiger partial charge is 0.390 e. The summed E-state index contributed by atoms with van der Waals surface area (Å²) in [6.45, 7) is 5.32. The molecule has 5 rings (SSSR count). The van der Waals surface area contributed by atoms with Gasteiger partial charge in [0.05, 0.1) is 29.6 Å². The van der Waals surface area contributed by atoms with Crippen molar-refractivity contribution in [2.24, 2.45) is 0 Å². The Hall–Kier alpha value is -3.34. The predicted octanol–water partition coefficient (Wildman–Crippen LogP) is 4.27. The van der Waals surface area contributed by atoms with Crippen LogP contribution in [0.1, 0.15) is 51.8 Å². The molecule has 9 nitrogen and oxygen atoms in total. The van der Waals surface area contributed by atoms with Gasteiger partial charge < -0.3 is 20.7 Å². The first-order chi connectivity index (χ1) is 16.6. The van der Waals surface area contributed by atoms with Crippen molar-refractivity contribution < 1.29 is 13.9 Å². The molecule has 11 heteroatoms. The minimum atomic E-state index is -1.06. The van der Waals surface area contributed by atoms with Gasteiger partial charge in [-0.25, -0.2) is 23.3 Å². The number of halogens is 2. The highest BCUT2D eigenvalue weighted by Crippen LogP contribution is 2.33. The Morgan fingerprint density at radius 1 is 1.20 bits per heavy atom. The smallest absolute Gasteiger partial charge is 0.240 e. The molecule has 0 saturated heterocycles. The number of hydrogen-bond acceptors (Lipinski definition) is 7. The second kappa shape index (κ2) is 9.73. The average Bonchev–Trinajstić information content (AvgIpc) is 3.28. The zero-order valence-corrected chi connectivity index (χ0v) is 20.5. The van der Waals surface area contributed by atoms with E-state index in [1.54, 1.807) is 30.7 Å². The van der Waals surface area contributed by atoms with E-state index in [0.717, 1.165) is 12.8 Å². The van der Waals surface area contributed by atoms with Gasteiger partial charge in [0.15, 0.2) is 17.3 Å². The van der Waals surface area contributed by atoms with Crippen LogP contribution in [0.3, 0.4) is 0 Å². The molecule has 1 unspecified atom stereocenters. The molecule has 35 heavy (non-hydrogen) atoms. The highest BCUT2D eigenvalue weighted by atomic mass is 19.1. The van der Waals surface area contributed by atoms with Crippen LogP contribution in [0.4, 0.5) is 20.5 Å². The summed E-state index contributed by atoms with van der Waals surface area (Å²) in [4.78, 5) is 13.1. The lowest BCUT2D eigenvalue weighted by Gasteiger charge is -2.27. The van der Waals surface area contributed by atoms with E-state index in [1.807, 2.05) is 6.92 Å². The lowest BCUT2D eigenvalue weighted by molar-refractivity contribution is 0.0225. The topological polar surface area (TPSA) is 119 Å². The number of nitrogens with zero attached hydrogens (tertiary/aromatic N) is 6. The first-order valence-corrected chi connectivity index (χ1v) is 11.8. The summed E-state index contributed by atoms with van der Waals surface area (Å²) in [7, 11) is 1.66. The van der Waals surface area contributed by atoms with E-state index in [9.17, 15) is 13.9 Å². The molecule has 0 aromatic carbocycles. The van der Waals surface area contributed by atoms with Crippen LogP contribution in [0.2, 0.25) is 0 Å². The van der Waals surface area contributed by atoms with Gasteiger partial charge in [-0.1, -0.05) is 19.3 Å². The van der Waals surface area contributed by atoms with Crippen molar-refractivity contribution in [3.05, 3.63) is 30.0 Å². The summed E-state index contributed by atoms with van der Waals surface area (Å²) in [6, 6.07) is 3.41. The van der Waals surface area contributed by atoms with Crippen LogP contribution in [0.25, 0.3) is 27.9 Å². The molecule has 4 N–H and O–H groups in total.